The fourth-order valence-corrected chi connectivity index (χ4v) is 1.43. The van der Waals surface area contributed by atoms with Crippen LogP contribution in [0.5, 0.6) is 0 Å². The van der Waals surface area contributed by atoms with E-state index in [0.717, 1.165) is 12.1 Å². The number of hydrogen-bond donors (Lipinski definition) is 1. The van der Waals surface area contributed by atoms with Crippen molar-refractivity contribution in [1.29, 1.82) is 0 Å². The highest BCUT2D eigenvalue weighted by Crippen LogP contribution is 2.77. The van der Waals surface area contributed by atoms with Crippen LogP contribution in [-0.2, 0) is 0 Å². The van der Waals surface area contributed by atoms with Crippen molar-refractivity contribution in [1.82, 2.24) is 0 Å². The largest absolute Gasteiger partial charge is 0.151 e. The molecule has 0 fully saturated rings. The van der Waals surface area contributed by atoms with Gasteiger partial charge in [0.15, 0.2) is 0 Å². The molecule has 63 valence electrons. The van der Waals surface area contributed by atoms with Crippen LogP contribution in [0.15, 0.2) is 29.2 Å². The van der Waals surface area contributed by atoms with E-state index in [1.807, 2.05) is 0 Å². The molecular formula is C7H8F3S. The molecule has 0 aliphatic carbocycles. The fraction of sp³-hybridized carbons (Fsp3) is 0.143. The van der Waals surface area contributed by atoms with Crippen molar-refractivity contribution in [3.05, 3.63) is 30.3 Å². The second-order valence-corrected chi connectivity index (χ2v) is 5.31. The van der Waals surface area contributed by atoms with Gasteiger partial charge in [-0.2, -0.15) is 11.7 Å². The summed E-state index contributed by atoms with van der Waals surface area (Å²) in [5.74, 6) is 0. The standard InChI is InChI=1S/C7H8F3S/c1-11(8,9,10)7-5-3-2-4-6-7/h2-3,5-6,11H,1H3. The van der Waals surface area contributed by atoms with Crippen molar-refractivity contribution >= 4 is 10.3 Å². The molecule has 0 aromatic heterocycles. The zero-order valence-electron chi connectivity index (χ0n) is 5.89. The Morgan fingerprint density at radius 2 is 2.00 bits per heavy atom. The highest BCUT2D eigenvalue weighted by molar-refractivity contribution is 8.37. The quantitative estimate of drug-likeness (QED) is 0.632. The van der Waals surface area contributed by atoms with Gasteiger partial charge in [0.2, 0.25) is 0 Å². The number of thiol groups is 1. The molecule has 0 bridgehead atoms. The Bertz CT molecular complexity index is 240. The molecule has 0 heterocycles. The highest BCUT2D eigenvalue weighted by Gasteiger charge is 2.33. The van der Waals surface area contributed by atoms with E-state index >= 15 is 0 Å². The molecule has 0 amide bonds. The van der Waals surface area contributed by atoms with Crippen molar-refractivity contribution in [2.75, 3.05) is 6.26 Å². The number of hydrogen-bond acceptors (Lipinski definition) is 0. The smallest absolute Gasteiger partial charge is 0.0656 e. The summed E-state index contributed by atoms with van der Waals surface area (Å²) in [6.07, 6.45) is 0.356. The number of rotatable bonds is 1. The number of benzene rings is 1. The first-order valence-corrected chi connectivity index (χ1v) is 5.36. The third-order valence-electron chi connectivity index (χ3n) is 1.24. The van der Waals surface area contributed by atoms with Crippen LogP contribution in [0.2, 0.25) is 0 Å². The van der Waals surface area contributed by atoms with Gasteiger partial charge in [-0.3, -0.25) is 0 Å². The third kappa shape index (κ3) is 2.15. The maximum Gasteiger partial charge on any atom is 0.0656 e. The molecule has 0 nitrogen and oxygen atoms in total. The third-order valence-corrected chi connectivity index (χ3v) is 2.62. The second-order valence-electron chi connectivity index (χ2n) is 2.44. The molecule has 0 aliphatic heterocycles. The van der Waals surface area contributed by atoms with E-state index in [4.69, 9.17) is 0 Å². The van der Waals surface area contributed by atoms with E-state index in [2.05, 4.69) is 6.07 Å². The summed E-state index contributed by atoms with van der Waals surface area (Å²) in [6.45, 7) is 0. The van der Waals surface area contributed by atoms with Gasteiger partial charge < -0.3 is 0 Å². The summed E-state index contributed by atoms with van der Waals surface area (Å²) < 4.78 is 37.8. The Morgan fingerprint density at radius 3 is 2.27 bits per heavy atom. The topological polar surface area (TPSA) is 0 Å². The highest BCUT2D eigenvalue weighted by atomic mass is 32.4. The Hall–Kier alpha value is -0.640. The molecular weight excluding hydrogens is 173 g/mol. The average Bonchev–Trinajstić information content (AvgIpc) is 1.86. The zero-order valence-corrected chi connectivity index (χ0v) is 6.78. The lowest BCUT2D eigenvalue weighted by Gasteiger charge is -2.33. The lowest BCUT2D eigenvalue weighted by atomic mass is 10.4. The lowest BCUT2D eigenvalue weighted by molar-refractivity contribution is 0.600. The van der Waals surface area contributed by atoms with Gasteiger partial charge in [0.05, 0.1) is 10.3 Å². The minimum absolute atomic E-state index is 0.356. The van der Waals surface area contributed by atoms with Crippen LogP contribution in [0.1, 0.15) is 0 Å². The molecule has 0 unspecified atom stereocenters. The van der Waals surface area contributed by atoms with Crippen molar-refractivity contribution in [2.45, 2.75) is 4.90 Å². The van der Waals surface area contributed by atoms with Gasteiger partial charge in [0.25, 0.3) is 0 Å². The minimum atomic E-state index is -6.02. The van der Waals surface area contributed by atoms with Crippen molar-refractivity contribution in [2.24, 2.45) is 0 Å². The van der Waals surface area contributed by atoms with Gasteiger partial charge in [-0.05, 0) is 18.2 Å². The molecule has 0 saturated carbocycles. The summed E-state index contributed by atoms with van der Waals surface area (Å²) in [4.78, 5) is -0.543. The molecule has 0 atom stereocenters. The summed E-state index contributed by atoms with van der Waals surface area (Å²) in [5, 5.41) is 0. The van der Waals surface area contributed by atoms with Gasteiger partial charge in [-0.25, -0.2) is 0 Å². The Labute approximate surface area is 64.2 Å². The van der Waals surface area contributed by atoms with Crippen molar-refractivity contribution in [3.8, 4) is 0 Å². The summed E-state index contributed by atoms with van der Waals surface area (Å²) >= 11 is 0. The Morgan fingerprint density at radius 1 is 1.36 bits per heavy atom. The first-order valence-electron chi connectivity index (χ1n) is 3.00. The van der Waals surface area contributed by atoms with Crippen LogP contribution in [0.4, 0.5) is 11.7 Å². The maximum absolute atomic E-state index is 12.6. The minimum Gasteiger partial charge on any atom is -0.151 e. The first-order chi connectivity index (χ1) is 4.86. The van der Waals surface area contributed by atoms with Gasteiger partial charge >= 0.3 is 0 Å². The van der Waals surface area contributed by atoms with E-state index in [-0.39, 0.29) is 0 Å². The van der Waals surface area contributed by atoms with E-state index in [1.165, 1.54) is 12.1 Å². The van der Waals surface area contributed by atoms with E-state index in [0.29, 0.717) is 6.26 Å². The van der Waals surface area contributed by atoms with Gasteiger partial charge in [0.1, 0.15) is 0 Å². The molecule has 0 spiro atoms. The van der Waals surface area contributed by atoms with E-state index in [9.17, 15) is 11.7 Å². The summed E-state index contributed by atoms with van der Waals surface area (Å²) in [7, 11) is -6.02. The van der Waals surface area contributed by atoms with E-state index in [1.54, 1.807) is 0 Å². The van der Waals surface area contributed by atoms with Crippen molar-refractivity contribution < 1.29 is 11.7 Å². The summed E-state index contributed by atoms with van der Waals surface area (Å²) in [6, 6.07) is 7.26. The predicted octanol–water partition coefficient (Wildman–Crippen LogP) is 3.20. The van der Waals surface area contributed by atoms with Crippen molar-refractivity contribution in [3.63, 3.8) is 0 Å². The molecule has 1 aromatic carbocycles. The maximum atomic E-state index is 12.6. The summed E-state index contributed by atoms with van der Waals surface area (Å²) in [5.41, 5.74) is 0. The normalized spacial score (nSPS) is 15.5. The van der Waals surface area contributed by atoms with Crippen LogP contribution < -0.4 is 0 Å². The zero-order chi connectivity index (χ0) is 8.56. The average molecular weight is 181 g/mol. The Kier molecular flexibility index (Phi) is 1.67. The fourth-order valence-electron chi connectivity index (χ4n) is 0.681. The molecule has 4 heteroatoms. The van der Waals surface area contributed by atoms with Gasteiger partial charge in [0, 0.05) is 11.2 Å². The number of halogens is 3. The SMILES string of the molecule is C[SH](F)(F)(F)c1c[c]ccc1. The van der Waals surface area contributed by atoms with Crippen LogP contribution in [0, 0.1) is 6.07 Å². The van der Waals surface area contributed by atoms with Crippen LogP contribution in [-0.4, -0.2) is 6.26 Å². The molecule has 1 rings (SSSR count). The first kappa shape index (κ1) is 8.46. The molecule has 1 radical (unpaired) electrons. The lowest BCUT2D eigenvalue weighted by Crippen LogP contribution is -1.95. The molecule has 0 N–H and O–H groups in total. The van der Waals surface area contributed by atoms with Gasteiger partial charge in [-0.1, -0.05) is 12.1 Å². The molecule has 11 heavy (non-hydrogen) atoms. The molecule has 1 aromatic rings. The van der Waals surface area contributed by atoms with Crippen LogP contribution in [0.3, 0.4) is 0 Å². The Balaban J connectivity index is 3.14. The van der Waals surface area contributed by atoms with Gasteiger partial charge in [-0.15, -0.1) is 0 Å². The predicted molar refractivity (Wildman–Crippen MR) is 41.8 cm³/mol. The molecule has 0 aliphatic rings. The van der Waals surface area contributed by atoms with E-state index < -0.39 is 15.2 Å². The van der Waals surface area contributed by atoms with Crippen LogP contribution >= 0.6 is 10.3 Å². The van der Waals surface area contributed by atoms with Crippen LogP contribution in [0.25, 0.3) is 0 Å². The molecule has 0 saturated heterocycles. The second kappa shape index (κ2) is 2.17. The monoisotopic (exact) mass is 181 g/mol.